The average molecular weight is 200 g/mol. The largest absolute Gasteiger partial charge is 0.297 e. The Hall–Kier alpha value is -1.15. The van der Waals surface area contributed by atoms with Crippen molar-refractivity contribution in [2.75, 3.05) is 13.1 Å². The second-order valence-electron chi connectivity index (χ2n) is 4.57. The van der Waals surface area contributed by atoms with Crippen LogP contribution < -0.4 is 0 Å². The second kappa shape index (κ2) is 3.78. The van der Waals surface area contributed by atoms with Crippen LogP contribution in [0.4, 0.5) is 0 Å². The first kappa shape index (κ1) is 9.10. The lowest BCUT2D eigenvalue weighted by Gasteiger charge is -2.15. The summed E-state index contributed by atoms with van der Waals surface area (Å²) in [5.41, 5.74) is 1.42. The fourth-order valence-electron chi connectivity index (χ4n) is 2.64. The first-order chi connectivity index (χ1) is 7.42. The molecule has 0 aromatic heterocycles. The van der Waals surface area contributed by atoms with E-state index in [9.17, 15) is 0 Å². The number of aliphatic imine (C=N–C) groups is 1. The number of hydrogen-bond acceptors (Lipinski definition) is 2. The molecule has 3 rings (SSSR count). The SMILES string of the molecule is C1=NC2CN(Cc3ccccc3)CC2C1. The van der Waals surface area contributed by atoms with E-state index in [-0.39, 0.29) is 0 Å². The maximum absolute atomic E-state index is 4.52. The summed E-state index contributed by atoms with van der Waals surface area (Å²) in [6.45, 7) is 3.46. The van der Waals surface area contributed by atoms with Crippen molar-refractivity contribution in [1.82, 2.24) is 4.90 Å². The maximum Gasteiger partial charge on any atom is 0.0666 e. The number of benzene rings is 1. The Morgan fingerprint density at radius 1 is 1.20 bits per heavy atom. The van der Waals surface area contributed by atoms with Crippen molar-refractivity contribution < 1.29 is 0 Å². The average Bonchev–Trinajstić information content (AvgIpc) is 2.79. The third-order valence-electron chi connectivity index (χ3n) is 3.44. The van der Waals surface area contributed by atoms with Gasteiger partial charge in [0.25, 0.3) is 0 Å². The number of fused-ring (bicyclic) bond motifs is 1. The van der Waals surface area contributed by atoms with Crippen molar-refractivity contribution in [2.24, 2.45) is 10.9 Å². The summed E-state index contributed by atoms with van der Waals surface area (Å²) < 4.78 is 0. The van der Waals surface area contributed by atoms with Crippen LogP contribution in [-0.2, 0) is 6.54 Å². The highest BCUT2D eigenvalue weighted by atomic mass is 15.2. The molecule has 1 saturated heterocycles. The molecule has 15 heavy (non-hydrogen) atoms. The van der Waals surface area contributed by atoms with Gasteiger partial charge in [0.05, 0.1) is 6.04 Å². The Morgan fingerprint density at radius 2 is 2.07 bits per heavy atom. The molecule has 1 aromatic carbocycles. The van der Waals surface area contributed by atoms with E-state index >= 15 is 0 Å². The summed E-state index contributed by atoms with van der Waals surface area (Å²) >= 11 is 0. The van der Waals surface area contributed by atoms with Gasteiger partial charge in [-0.25, -0.2) is 0 Å². The molecule has 2 aliphatic rings. The van der Waals surface area contributed by atoms with Crippen LogP contribution in [0.3, 0.4) is 0 Å². The summed E-state index contributed by atoms with van der Waals surface area (Å²) in [5.74, 6) is 0.800. The standard InChI is InChI=1S/C13H16N2/c1-2-4-11(5-3-1)8-15-9-12-6-7-14-13(12)10-15/h1-5,7,12-13H,6,8-10H2. The van der Waals surface area contributed by atoms with Crippen molar-refractivity contribution >= 4 is 6.21 Å². The van der Waals surface area contributed by atoms with Gasteiger partial charge in [0.1, 0.15) is 0 Å². The van der Waals surface area contributed by atoms with E-state index in [1.165, 1.54) is 18.5 Å². The molecule has 0 saturated carbocycles. The highest BCUT2D eigenvalue weighted by Crippen LogP contribution is 2.27. The van der Waals surface area contributed by atoms with Crippen LogP contribution in [0.5, 0.6) is 0 Å². The lowest BCUT2D eigenvalue weighted by molar-refractivity contribution is 0.316. The van der Waals surface area contributed by atoms with Crippen LogP contribution in [0, 0.1) is 5.92 Å². The molecule has 0 spiro atoms. The third-order valence-corrected chi connectivity index (χ3v) is 3.44. The van der Waals surface area contributed by atoms with Crippen molar-refractivity contribution in [3.63, 3.8) is 0 Å². The van der Waals surface area contributed by atoms with Gasteiger partial charge in [-0.05, 0) is 18.2 Å². The minimum Gasteiger partial charge on any atom is -0.297 e. The summed E-state index contributed by atoms with van der Waals surface area (Å²) in [4.78, 5) is 7.05. The minimum atomic E-state index is 0.591. The van der Waals surface area contributed by atoms with Gasteiger partial charge in [-0.3, -0.25) is 9.89 Å². The smallest absolute Gasteiger partial charge is 0.0666 e. The minimum absolute atomic E-state index is 0.591. The molecule has 0 amide bonds. The summed E-state index contributed by atoms with van der Waals surface area (Å²) in [5, 5.41) is 0. The Kier molecular flexibility index (Phi) is 2.29. The third kappa shape index (κ3) is 1.82. The molecule has 2 heterocycles. The fraction of sp³-hybridized carbons (Fsp3) is 0.462. The molecule has 2 aliphatic heterocycles. The summed E-state index contributed by atoms with van der Waals surface area (Å²) in [6, 6.07) is 11.3. The highest BCUT2D eigenvalue weighted by Gasteiger charge is 2.33. The van der Waals surface area contributed by atoms with Crippen LogP contribution in [0.1, 0.15) is 12.0 Å². The summed E-state index contributed by atoms with van der Waals surface area (Å²) in [6.07, 6.45) is 3.30. The number of nitrogens with zero attached hydrogens (tertiary/aromatic N) is 2. The molecule has 78 valence electrons. The van der Waals surface area contributed by atoms with E-state index < -0.39 is 0 Å². The number of rotatable bonds is 2. The molecule has 2 atom stereocenters. The first-order valence-electron chi connectivity index (χ1n) is 5.70. The Morgan fingerprint density at radius 3 is 2.87 bits per heavy atom. The molecular weight excluding hydrogens is 184 g/mol. The predicted octanol–water partition coefficient (Wildman–Crippen LogP) is 1.96. The van der Waals surface area contributed by atoms with Gasteiger partial charge in [0.15, 0.2) is 0 Å². The van der Waals surface area contributed by atoms with Crippen LogP contribution >= 0.6 is 0 Å². The van der Waals surface area contributed by atoms with Gasteiger partial charge >= 0.3 is 0 Å². The van der Waals surface area contributed by atoms with Gasteiger partial charge in [-0.15, -0.1) is 0 Å². The molecule has 1 fully saturated rings. The molecule has 0 aliphatic carbocycles. The lowest BCUT2D eigenvalue weighted by Crippen LogP contribution is -2.21. The molecular formula is C13H16N2. The molecule has 0 bridgehead atoms. The second-order valence-corrected chi connectivity index (χ2v) is 4.57. The van der Waals surface area contributed by atoms with Gasteiger partial charge in [0.2, 0.25) is 0 Å². The van der Waals surface area contributed by atoms with Crippen molar-refractivity contribution in [3.8, 4) is 0 Å². The van der Waals surface area contributed by atoms with Gasteiger partial charge in [-0.1, -0.05) is 30.3 Å². The van der Waals surface area contributed by atoms with E-state index in [0.717, 1.165) is 19.0 Å². The van der Waals surface area contributed by atoms with E-state index in [1.54, 1.807) is 0 Å². The zero-order chi connectivity index (χ0) is 10.1. The van der Waals surface area contributed by atoms with E-state index in [4.69, 9.17) is 0 Å². The molecule has 0 N–H and O–H groups in total. The van der Waals surface area contributed by atoms with Crippen LogP contribution in [0.15, 0.2) is 35.3 Å². The Balaban J connectivity index is 1.64. The van der Waals surface area contributed by atoms with Crippen molar-refractivity contribution in [2.45, 2.75) is 19.0 Å². The molecule has 2 nitrogen and oxygen atoms in total. The Labute approximate surface area is 90.6 Å². The van der Waals surface area contributed by atoms with Crippen LogP contribution in [0.25, 0.3) is 0 Å². The molecule has 2 unspecified atom stereocenters. The summed E-state index contributed by atoms with van der Waals surface area (Å²) in [7, 11) is 0. The Bertz CT molecular complexity index is 358. The fourth-order valence-corrected chi connectivity index (χ4v) is 2.64. The first-order valence-corrected chi connectivity index (χ1v) is 5.70. The van der Waals surface area contributed by atoms with Gasteiger partial charge < -0.3 is 0 Å². The number of likely N-dealkylation sites (tertiary alicyclic amines) is 1. The van der Waals surface area contributed by atoms with E-state index in [2.05, 4.69) is 46.4 Å². The lowest BCUT2D eigenvalue weighted by atomic mass is 10.1. The highest BCUT2D eigenvalue weighted by molar-refractivity contribution is 5.61. The molecule has 0 radical (unpaired) electrons. The van der Waals surface area contributed by atoms with Crippen molar-refractivity contribution in [3.05, 3.63) is 35.9 Å². The zero-order valence-corrected chi connectivity index (χ0v) is 8.84. The van der Waals surface area contributed by atoms with Gasteiger partial charge in [-0.2, -0.15) is 0 Å². The van der Waals surface area contributed by atoms with E-state index in [0.29, 0.717) is 6.04 Å². The van der Waals surface area contributed by atoms with Gasteiger partial charge in [0, 0.05) is 25.6 Å². The predicted molar refractivity (Wildman–Crippen MR) is 62.1 cm³/mol. The maximum atomic E-state index is 4.52. The number of hydrogen-bond donors (Lipinski definition) is 0. The quantitative estimate of drug-likeness (QED) is 0.712. The molecule has 1 aromatic rings. The normalized spacial score (nSPS) is 29.6. The van der Waals surface area contributed by atoms with Crippen LogP contribution in [0.2, 0.25) is 0 Å². The molecule has 2 heteroatoms. The van der Waals surface area contributed by atoms with Crippen LogP contribution in [-0.4, -0.2) is 30.2 Å². The zero-order valence-electron chi connectivity index (χ0n) is 8.84. The van der Waals surface area contributed by atoms with E-state index in [1.807, 2.05) is 0 Å². The topological polar surface area (TPSA) is 15.6 Å². The monoisotopic (exact) mass is 200 g/mol. The van der Waals surface area contributed by atoms with Crippen molar-refractivity contribution in [1.29, 1.82) is 0 Å².